The van der Waals surface area contributed by atoms with Gasteiger partial charge in [-0.2, -0.15) is 0 Å². The molecule has 0 heterocycles. The minimum absolute atomic E-state index is 0.183. The quantitative estimate of drug-likeness (QED) is 0.369. The van der Waals surface area contributed by atoms with Crippen molar-refractivity contribution in [1.82, 2.24) is 9.80 Å². The van der Waals surface area contributed by atoms with Crippen LogP contribution in [0.15, 0.2) is 30.3 Å². The Morgan fingerprint density at radius 3 is 1.87 bits per heavy atom. The molecule has 2 amide bonds. The van der Waals surface area contributed by atoms with Crippen molar-refractivity contribution in [1.29, 1.82) is 0 Å². The van der Waals surface area contributed by atoms with Crippen molar-refractivity contribution in [3.8, 4) is 0 Å². The van der Waals surface area contributed by atoms with E-state index >= 15 is 0 Å². The molecule has 0 bridgehead atoms. The molecule has 1 unspecified atom stereocenters. The Hall–Kier alpha value is -1.14. The van der Waals surface area contributed by atoms with Gasteiger partial charge in [-0.3, -0.25) is 9.59 Å². The zero-order chi connectivity index (χ0) is 22.9. The maximum atomic E-state index is 12.2. The van der Waals surface area contributed by atoms with Crippen LogP contribution >= 0.6 is 23.5 Å². The van der Waals surface area contributed by atoms with Gasteiger partial charge in [-0.1, -0.05) is 88.5 Å². The summed E-state index contributed by atoms with van der Waals surface area (Å²) >= 11 is 2.80. The summed E-state index contributed by atoms with van der Waals surface area (Å²) in [5.41, 5.74) is 1.20. The van der Waals surface area contributed by atoms with E-state index in [0.717, 1.165) is 44.0 Å². The Morgan fingerprint density at radius 1 is 0.867 bits per heavy atom. The zero-order valence-corrected chi connectivity index (χ0v) is 21.7. The van der Waals surface area contributed by atoms with Crippen LogP contribution < -0.4 is 0 Å². The fraction of sp³-hybridized carbons (Fsp3) is 0.667. The summed E-state index contributed by atoms with van der Waals surface area (Å²) in [6, 6.07) is 10.4. The fourth-order valence-electron chi connectivity index (χ4n) is 2.79. The molecule has 4 nitrogen and oxygen atoms in total. The average molecular weight is 455 g/mol. The molecule has 0 saturated carbocycles. The number of thioether (sulfide) groups is 2. The van der Waals surface area contributed by atoms with E-state index in [4.69, 9.17) is 0 Å². The highest BCUT2D eigenvalue weighted by atomic mass is 32.2. The van der Waals surface area contributed by atoms with Gasteiger partial charge in [-0.05, 0) is 43.9 Å². The second-order valence-electron chi connectivity index (χ2n) is 7.50. The van der Waals surface area contributed by atoms with Gasteiger partial charge in [0.15, 0.2) is 0 Å². The van der Waals surface area contributed by atoms with Gasteiger partial charge in [-0.25, -0.2) is 0 Å². The third kappa shape index (κ3) is 11.9. The normalized spacial score (nSPS) is 11.5. The van der Waals surface area contributed by atoms with Crippen molar-refractivity contribution >= 4 is 34.0 Å². The van der Waals surface area contributed by atoms with Gasteiger partial charge in [-0.15, -0.1) is 0 Å². The van der Waals surface area contributed by atoms with Crippen LogP contribution in [0, 0.1) is 5.92 Å². The van der Waals surface area contributed by atoms with E-state index in [2.05, 4.69) is 46.8 Å². The Kier molecular flexibility index (Phi) is 16.9. The molecule has 0 aliphatic carbocycles. The molecule has 0 saturated heterocycles. The summed E-state index contributed by atoms with van der Waals surface area (Å²) in [6.45, 7) is 17.3. The smallest absolute Gasteiger partial charge is 0.282 e. The van der Waals surface area contributed by atoms with Gasteiger partial charge in [0.05, 0.1) is 0 Å². The number of benzene rings is 1. The lowest BCUT2D eigenvalue weighted by atomic mass is 10.1. The SMILES string of the molecule is CCCN(CCC)C(=O)SCC.CCN(C(=O)SCc1ccccc1)C(C)C(C)C. The van der Waals surface area contributed by atoms with Crippen molar-refractivity contribution in [3.05, 3.63) is 35.9 Å². The summed E-state index contributed by atoms with van der Waals surface area (Å²) in [6.07, 6.45) is 2.10. The van der Waals surface area contributed by atoms with Crippen LogP contribution in [-0.2, 0) is 5.75 Å². The number of hydrogen-bond donors (Lipinski definition) is 0. The monoisotopic (exact) mass is 454 g/mol. The topological polar surface area (TPSA) is 40.6 Å². The zero-order valence-electron chi connectivity index (χ0n) is 20.0. The highest BCUT2D eigenvalue weighted by Crippen LogP contribution is 2.20. The van der Waals surface area contributed by atoms with Gasteiger partial charge < -0.3 is 9.80 Å². The lowest BCUT2D eigenvalue weighted by Gasteiger charge is -2.30. The van der Waals surface area contributed by atoms with Gasteiger partial charge >= 0.3 is 0 Å². The van der Waals surface area contributed by atoms with Crippen LogP contribution in [0.1, 0.15) is 66.9 Å². The van der Waals surface area contributed by atoms with Crippen LogP contribution in [0.5, 0.6) is 0 Å². The predicted octanol–water partition coefficient (Wildman–Crippen LogP) is 7.39. The Balaban J connectivity index is 0.000000612. The molecule has 0 fully saturated rings. The molecular weight excluding hydrogens is 412 g/mol. The van der Waals surface area contributed by atoms with Crippen LogP contribution in [-0.4, -0.2) is 51.7 Å². The van der Waals surface area contributed by atoms with E-state index in [0.29, 0.717) is 12.0 Å². The molecule has 1 rings (SSSR count). The number of rotatable bonds is 10. The summed E-state index contributed by atoms with van der Waals surface area (Å²) in [4.78, 5) is 27.5. The number of carbonyl (C=O) groups excluding carboxylic acids is 2. The molecule has 0 spiro atoms. The summed E-state index contributed by atoms with van der Waals surface area (Å²) in [5.74, 6) is 2.12. The lowest BCUT2D eigenvalue weighted by Crippen LogP contribution is -2.39. The van der Waals surface area contributed by atoms with Gasteiger partial charge in [0.2, 0.25) is 0 Å². The Bertz CT molecular complexity index is 576. The second-order valence-corrected chi connectivity index (χ2v) is 9.64. The maximum absolute atomic E-state index is 12.2. The van der Waals surface area contributed by atoms with E-state index in [1.165, 1.54) is 29.1 Å². The van der Waals surface area contributed by atoms with Crippen molar-refractivity contribution in [2.45, 2.75) is 73.1 Å². The lowest BCUT2D eigenvalue weighted by molar-refractivity contribution is 0.190. The van der Waals surface area contributed by atoms with Crippen LogP contribution in [0.2, 0.25) is 0 Å². The molecule has 0 aliphatic rings. The Labute approximate surface area is 193 Å². The predicted molar refractivity (Wildman–Crippen MR) is 135 cm³/mol. The number of hydrogen-bond acceptors (Lipinski definition) is 4. The third-order valence-corrected chi connectivity index (χ3v) is 6.50. The standard InChI is InChI=1S/C15H23NOS.C9H19NOS/c1-5-16(13(4)12(2)3)15(17)18-11-14-9-7-6-8-10-14;1-4-7-10(8-5-2)9(11)12-6-3/h6-10,12-13H,5,11H2,1-4H3;4-8H2,1-3H3. The molecule has 0 radical (unpaired) electrons. The van der Waals surface area contributed by atoms with Gasteiger partial charge in [0, 0.05) is 31.4 Å². The largest absolute Gasteiger partial charge is 0.334 e. The molecular formula is C24H42N2O2S2. The minimum Gasteiger partial charge on any atom is -0.334 e. The fourth-order valence-corrected chi connectivity index (χ4v) is 4.35. The highest BCUT2D eigenvalue weighted by Gasteiger charge is 2.21. The van der Waals surface area contributed by atoms with E-state index in [1.54, 1.807) is 0 Å². The summed E-state index contributed by atoms with van der Waals surface area (Å²) in [5, 5.41) is 0.420. The Morgan fingerprint density at radius 2 is 1.43 bits per heavy atom. The molecule has 1 atom stereocenters. The first-order valence-electron chi connectivity index (χ1n) is 11.2. The molecule has 1 aromatic carbocycles. The number of carbonyl (C=O) groups is 2. The van der Waals surface area contributed by atoms with E-state index in [9.17, 15) is 9.59 Å². The number of nitrogens with zero attached hydrogens (tertiary/aromatic N) is 2. The number of amides is 2. The third-order valence-electron chi connectivity index (χ3n) is 4.75. The molecule has 0 N–H and O–H groups in total. The average Bonchev–Trinajstić information content (AvgIpc) is 2.74. The molecule has 1 aromatic rings. The van der Waals surface area contributed by atoms with Crippen molar-refractivity contribution in [3.63, 3.8) is 0 Å². The maximum Gasteiger partial charge on any atom is 0.282 e. The van der Waals surface area contributed by atoms with Crippen molar-refractivity contribution in [2.24, 2.45) is 5.92 Å². The first kappa shape index (κ1) is 28.9. The summed E-state index contributed by atoms with van der Waals surface area (Å²) in [7, 11) is 0. The molecule has 6 heteroatoms. The minimum atomic E-state index is 0.183. The first-order chi connectivity index (χ1) is 14.3. The van der Waals surface area contributed by atoms with E-state index < -0.39 is 0 Å². The van der Waals surface area contributed by atoms with Crippen molar-refractivity contribution < 1.29 is 9.59 Å². The van der Waals surface area contributed by atoms with Gasteiger partial charge in [0.1, 0.15) is 0 Å². The highest BCUT2D eigenvalue weighted by molar-refractivity contribution is 8.13. The summed E-state index contributed by atoms with van der Waals surface area (Å²) < 4.78 is 0. The van der Waals surface area contributed by atoms with E-state index in [1.807, 2.05) is 41.8 Å². The van der Waals surface area contributed by atoms with Gasteiger partial charge in [0.25, 0.3) is 10.5 Å². The first-order valence-corrected chi connectivity index (χ1v) is 13.2. The second kappa shape index (κ2) is 17.5. The van der Waals surface area contributed by atoms with Crippen molar-refractivity contribution in [2.75, 3.05) is 25.4 Å². The molecule has 30 heavy (non-hydrogen) atoms. The molecule has 0 aromatic heterocycles. The van der Waals surface area contributed by atoms with E-state index in [-0.39, 0.29) is 10.5 Å². The van der Waals surface area contributed by atoms with Crippen LogP contribution in [0.3, 0.4) is 0 Å². The van der Waals surface area contributed by atoms with Crippen LogP contribution in [0.4, 0.5) is 9.59 Å². The molecule has 172 valence electrons. The molecule has 0 aliphatic heterocycles. The van der Waals surface area contributed by atoms with Crippen LogP contribution in [0.25, 0.3) is 0 Å².